The molecule has 16 heavy (non-hydrogen) atoms. The zero-order valence-electron chi connectivity index (χ0n) is 8.16. The molecule has 0 saturated heterocycles. The molecule has 0 saturated carbocycles. The molecule has 0 fully saturated rings. The quantitative estimate of drug-likeness (QED) is 0.637. The smallest absolute Gasteiger partial charge is 0.276 e. The molecular formula is C10H7N5O. The molecule has 0 aliphatic rings. The molecule has 0 aliphatic heterocycles. The minimum Gasteiger partial charge on any atom is -0.323 e. The number of H-pyrrole nitrogens is 1. The minimum atomic E-state index is -0.217. The molecule has 0 spiro atoms. The summed E-state index contributed by atoms with van der Waals surface area (Å²) in [7, 11) is 0. The third kappa shape index (κ3) is 1.28. The lowest BCUT2D eigenvalue weighted by molar-refractivity contribution is 0.900. The van der Waals surface area contributed by atoms with Crippen LogP contribution in [0.4, 0.5) is 0 Å². The molecule has 0 bridgehead atoms. The van der Waals surface area contributed by atoms with E-state index in [1.54, 1.807) is 12.4 Å². The summed E-state index contributed by atoms with van der Waals surface area (Å²) in [5, 5.41) is 3.80. The number of nitrogens with one attached hydrogen (secondary N) is 1. The topological polar surface area (TPSA) is 75.9 Å². The lowest BCUT2D eigenvalue weighted by atomic mass is 10.2. The van der Waals surface area contributed by atoms with Gasteiger partial charge in [-0.1, -0.05) is 0 Å². The second-order valence-electron chi connectivity index (χ2n) is 3.26. The Kier molecular flexibility index (Phi) is 1.79. The zero-order valence-corrected chi connectivity index (χ0v) is 8.16. The van der Waals surface area contributed by atoms with E-state index in [0.29, 0.717) is 11.5 Å². The van der Waals surface area contributed by atoms with Crippen molar-refractivity contribution in [3.8, 4) is 11.3 Å². The number of pyridine rings is 1. The van der Waals surface area contributed by atoms with E-state index in [1.807, 2.05) is 12.1 Å². The molecule has 3 heterocycles. The first-order chi connectivity index (χ1) is 7.84. The molecule has 1 N–H and O–H groups in total. The van der Waals surface area contributed by atoms with Crippen LogP contribution >= 0.6 is 0 Å². The van der Waals surface area contributed by atoms with Crippen LogP contribution in [-0.4, -0.2) is 24.6 Å². The molecule has 0 atom stereocenters. The normalized spacial score (nSPS) is 10.8. The van der Waals surface area contributed by atoms with Crippen molar-refractivity contribution in [3.05, 3.63) is 47.3 Å². The number of hydrogen-bond donors (Lipinski definition) is 1. The van der Waals surface area contributed by atoms with E-state index < -0.39 is 0 Å². The number of fused-ring (bicyclic) bond motifs is 1. The monoisotopic (exact) mass is 213 g/mol. The highest BCUT2D eigenvalue weighted by atomic mass is 16.1. The first kappa shape index (κ1) is 8.78. The Bertz CT molecular complexity index is 685. The Labute approximate surface area is 89.6 Å². The molecule has 6 nitrogen and oxygen atoms in total. The first-order valence-corrected chi connectivity index (χ1v) is 4.68. The summed E-state index contributed by atoms with van der Waals surface area (Å²) in [5.74, 6) is 0.423. The van der Waals surface area contributed by atoms with Gasteiger partial charge in [-0.2, -0.15) is 14.6 Å². The van der Waals surface area contributed by atoms with Crippen molar-refractivity contribution in [2.24, 2.45) is 0 Å². The van der Waals surface area contributed by atoms with Crippen molar-refractivity contribution >= 4 is 5.78 Å². The molecule has 78 valence electrons. The van der Waals surface area contributed by atoms with Crippen LogP contribution in [0.2, 0.25) is 0 Å². The lowest BCUT2D eigenvalue weighted by Gasteiger charge is -2.00. The van der Waals surface area contributed by atoms with Gasteiger partial charge < -0.3 is 4.98 Å². The van der Waals surface area contributed by atoms with Gasteiger partial charge in [0.05, 0.1) is 5.69 Å². The van der Waals surface area contributed by atoms with Gasteiger partial charge in [0.2, 0.25) is 5.78 Å². The van der Waals surface area contributed by atoms with Crippen molar-refractivity contribution in [1.29, 1.82) is 0 Å². The minimum absolute atomic E-state index is 0.217. The van der Waals surface area contributed by atoms with Crippen LogP contribution in [0.25, 0.3) is 17.0 Å². The van der Waals surface area contributed by atoms with Crippen LogP contribution in [-0.2, 0) is 0 Å². The SMILES string of the molecule is O=c1cc(-c2cccnc2)[nH]c2ncnn12. The first-order valence-electron chi connectivity index (χ1n) is 4.68. The average Bonchev–Trinajstić information content (AvgIpc) is 2.79. The van der Waals surface area contributed by atoms with E-state index in [9.17, 15) is 4.79 Å². The van der Waals surface area contributed by atoms with E-state index >= 15 is 0 Å². The van der Waals surface area contributed by atoms with E-state index in [2.05, 4.69) is 20.1 Å². The fraction of sp³-hybridized carbons (Fsp3) is 0. The van der Waals surface area contributed by atoms with Gasteiger partial charge in [-0.15, -0.1) is 0 Å². The number of nitrogens with zero attached hydrogens (tertiary/aromatic N) is 4. The molecular weight excluding hydrogens is 206 g/mol. The second-order valence-corrected chi connectivity index (χ2v) is 3.26. The van der Waals surface area contributed by atoms with Gasteiger partial charge >= 0.3 is 0 Å². The number of hydrogen-bond acceptors (Lipinski definition) is 4. The van der Waals surface area contributed by atoms with E-state index in [4.69, 9.17) is 0 Å². The highest BCUT2D eigenvalue weighted by molar-refractivity contribution is 5.58. The summed E-state index contributed by atoms with van der Waals surface area (Å²) in [6.45, 7) is 0. The van der Waals surface area contributed by atoms with Gasteiger partial charge in [-0.25, -0.2) is 0 Å². The van der Waals surface area contributed by atoms with Crippen LogP contribution in [0.1, 0.15) is 0 Å². The maximum absolute atomic E-state index is 11.7. The Balaban J connectivity index is 2.30. The molecule has 6 heteroatoms. The lowest BCUT2D eigenvalue weighted by Crippen LogP contribution is -2.14. The van der Waals surface area contributed by atoms with Crippen LogP contribution in [0, 0.1) is 0 Å². The van der Waals surface area contributed by atoms with Crippen molar-refractivity contribution in [3.63, 3.8) is 0 Å². The third-order valence-corrected chi connectivity index (χ3v) is 2.24. The third-order valence-electron chi connectivity index (χ3n) is 2.24. The Morgan fingerprint density at radius 1 is 1.38 bits per heavy atom. The summed E-state index contributed by atoms with van der Waals surface area (Å²) in [4.78, 5) is 22.6. The average molecular weight is 213 g/mol. The molecule has 0 amide bonds. The molecule has 0 unspecified atom stereocenters. The maximum Gasteiger partial charge on any atom is 0.276 e. The highest BCUT2D eigenvalue weighted by Crippen LogP contribution is 2.12. The molecule has 3 rings (SSSR count). The molecule has 0 aliphatic carbocycles. The van der Waals surface area contributed by atoms with Crippen molar-refractivity contribution < 1.29 is 0 Å². The molecule has 0 aromatic carbocycles. The van der Waals surface area contributed by atoms with Crippen LogP contribution < -0.4 is 5.56 Å². The maximum atomic E-state index is 11.7. The van der Waals surface area contributed by atoms with Gasteiger partial charge in [0, 0.05) is 24.0 Å². The fourth-order valence-electron chi connectivity index (χ4n) is 1.51. The van der Waals surface area contributed by atoms with E-state index in [1.165, 1.54) is 16.9 Å². The van der Waals surface area contributed by atoms with E-state index in [-0.39, 0.29) is 5.56 Å². The number of rotatable bonds is 1. The predicted octanol–water partition coefficient (Wildman–Crippen LogP) is 0.480. The van der Waals surface area contributed by atoms with Crippen molar-refractivity contribution in [2.75, 3.05) is 0 Å². The van der Waals surface area contributed by atoms with Gasteiger partial charge in [0.1, 0.15) is 6.33 Å². The van der Waals surface area contributed by atoms with Gasteiger partial charge in [-0.3, -0.25) is 9.78 Å². The van der Waals surface area contributed by atoms with Crippen molar-refractivity contribution in [2.45, 2.75) is 0 Å². The second kappa shape index (κ2) is 3.27. The Hall–Kier alpha value is -2.50. The van der Waals surface area contributed by atoms with Crippen LogP contribution in [0.3, 0.4) is 0 Å². The summed E-state index contributed by atoms with van der Waals surface area (Å²) in [5.41, 5.74) is 1.30. The highest BCUT2D eigenvalue weighted by Gasteiger charge is 2.04. The van der Waals surface area contributed by atoms with Gasteiger partial charge in [0.25, 0.3) is 5.56 Å². The van der Waals surface area contributed by atoms with Crippen LogP contribution in [0.15, 0.2) is 41.7 Å². The zero-order chi connectivity index (χ0) is 11.0. The summed E-state index contributed by atoms with van der Waals surface area (Å²) in [6.07, 6.45) is 4.69. The molecule has 3 aromatic heterocycles. The molecule has 0 radical (unpaired) electrons. The molecule has 3 aromatic rings. The van der Waals surface area contributed by atoms with Crippen LogP contribution in [0.5, 0.6) is 0 Å². The summed E-state index contributed by atoms with van der Waals surface area (Å²) < 4.78 is 1.21. The number of aromatic amines is 1. The Morgan fingerprint density at radius 2 is 2.31 bits per heavy atom. The van der Waals surface area contributed by atoms with Gasteiger partial charge in [-0.05, 0) is 12.1 Å². The Morgan fingerprint density at radius 3 is 3.12 bits per heavy atom. The fourth-order valence-corrected chi connectivity index (χ4v) is 1.51. The van der Waals surface area contributed by atoms with Gasteiger partial charge in [0.15, 0.2) is 0 Å². The summed E-state index contributed by atoms with van der Waals surface area (Å²) >= 11 is 0. The van der Waals surface area contributed by atoms with E-state index in [0.717, 1.165) is 5.56 Å². The standard InChI is InChI=1S/C10H7N5O/c16-9-4-8(7-2-1-3-11-5-7)14-10-12-6-13-15(9)10/h1-6H,(H,12,13,14). The largest absolute Gasteiger partial charge is 0.323 e. The summed E-state index contributed by atoms with van der Waals surface area (Å²) in [6, 6.07) is 5.14. The number of aromatic nitrogens is 5. The van der Waals surface area contributed by atoms with Crippen molar-refractivity contribution in [1.82, 2.24) is 24.6 Å². The predicted molar refractivity (Wildman–Crippen MR) is 56.8 cm³/mol.